The lowest BCUT2D eigenvalue weighted by Gasteiger charge is -2.09. The summed E-state index contributed by atoms with van der Waals surface area (Å²) in [6.07, 6.45) is 5.04. The predicted octanol–water partition coefficient (Wildman–Crippen LogP) is 3.34. The number of halogens is 1. The quantitative estimate of drug-likeness (QED) is 0.752. The molecule has 0 fully saturated rings. The van der Waals surface area contributed by atoms with Gasteiger partial charge in [0.15, 0.2) is 0 Å². The van der Waals surface area contributed by atoms with Crippen LogP contribution in [0.3, 0.4) is 0 Å². The van der Waals surface area contributed by atoms with Crippen LogP contribution in [0.2, 0.25) is 4.34 Å². The molecule has 3 rings (SSSR count). The van der Waals surface area contributed by atoms with E-state index in [4.69, 9.17) is 11.6 Å². The smallest absolute Gasteiger partial charge is 0.250 e. The van der Waals surface area contributed by atoms with Gasteiger partial charge in [-0.2, -0.15) is 0 Å². The van der Waals surface area contributed by atoms with E-state index < -0.39 is 10.0 Å². The molecule has 3 heterocycles. The molecule has 5 nitrogen and oxygen atoms in total. The Labute approximate surface area is 143 Å². The van der Waals surface area contributed by atoms with Crippen LogP contribution in [0.25, 0.3) is 11.3 Å². The molecule has 0 aliphatic carbocycles. The SMILES string of the molecule is O=S(=O)(NCc1cccnc1-c1cccnc1)c1ccc(Cl)s1. The second-order valence-electron chi connectivity index (χ2n) is 4.64. The van der Waals surface area contributed by atoms with Gasteiger partial charge in [-0.05, 0) is 35.9 Å². The Morgan fingerprint density at radius 3 is 2.65 bits per heavy atom. The van der Waals surface area contributed by atoms with Crippen molar-refractivity contribution >= 4 is 33.0 Å². The Balaban J connectivity index is 1.84. The van der Waals surface area contributed by atoms with Gasteiger partial charge in [-0.15, -0.1) is 11.3 Å². The molecular formula is C15H12ClN3O2S2. The molecule has 0 saturated carbocycles. The molecule has 0 amide bonds. The van der Waals surface area contributed by atoms with Crippen LogP contribution in [0.5, 0.6) is 0 Å². The van der Waals surface area contributed by atoms with Crippen LogP contribution in [-0.2, 0) is 16.6 Å². The number of aromatic nitrogens is 2. The molecule has 0 atom stereocenters. The number of hydrogen-bond acceptors (Lipinski definition) is 5. The Hall–Kier alpha value is -1.80. The number of rotatable bonds is 5. The third kappa shape index (κ3) is 3.76. The number of sulfonamides is 1. The van der Waals surface area contributed by atoms with Gasteiger partial charge in [-0.1, -0.05) is 17.7 Å². The molecule has 0 aromatic carbocycles. The minimum atomic E-state index is -3.60. The van der Waals surface area contributed by atoms with Gasteiger partial charge in [0.1, 0.15) is 4.21 Å². The minimum Gasteiger partial charge on any atom is -0.264 e. The highest BCUT2D eigenvalue weighted by molar-refractivity contribution is 7.91. The summed E-state index contributed by atoms with van der Waals surface area (Å²) in [6.45, 7) is 0.135. The van der Waals surface area contributed by atoms with Crippen LogP contribution in [0.15, 0.2) is 59.2 Å². The van der Waals surface area contributed by atoms with E-state index >= 15 is 0 Å². The fourth-order valence-electron chi connectivity index (χ4n) is 2.03. The first kappa shape index (κ1) is 16.1. The van der Waals surface area contributed by atoms with Gasteiger partial charge in [0.2, 0.25) is 10.0 Å². The molecule has 1 N–H and O–H groups in total. The summed E-state index contributed by atoms with van der Waals surface area (Å²) in [5.74, 6) is 0. The molecule has 118 valence electrons. The van der Waals surface area contributed by atoms with Gasteiger partial charge < -0.3 is 0 Å². The molecule has 0 radical (unpaired) electrons. The van der Waals surface area contributed by atoms with Crippen molar-refractivity contribution < 1.29 is 8.42 Å². The maximum Gasteiger partial charge on any atom is 0.250 e. The van der Waals surface area contributed by atoms with Crippen molar-refractivity contribution in [2.45, 2.75) is 10.8 Å². The van der Waals surface area contributed by atoms with Crippen LogP contribution in [0.4, 0.5) is 0 Å². The average Bonchev–Trinajstić information content (AvgIpc) is 3.02. The van der Waals surface area contributed by atoms with E-state index in [1.54, 1.807) is 30.7 Å². The zero-order valence-corrected chi connectivity index (χ0v) is 14.2. The number of pyridine rings is 2. The maximum absolute atomic E-state index is 12.3. The molecule has 23 heavy (non-hydrogen) atoms. The second kappa shape index (κ2) is 6.76. The van der Waals surface area contributed by atoms with Gasteiger partial charge in [0, 0.05) is 30.7 Å². The van der Waals surface area contributed by atoms with E-state index in [-0.39, 0.29) is 10.8 Å². The van der Waals surface area contributed by atoms with Crippen molar-refractivity contribution in [3.8, 4) is 11.3 Å². The molecule has 3 aromatic rings. The van der Waals surface area contributed by atoms with E-state index in [0.717, 1.165) is 22.5 Å². The van der Waals surface area contributed by atoms with E-state index in [1.807, 2.05) is 18.2 Å². The van der Waals surface area contributed by atoms with Gasteiger partial charge in [-0.3, -0.25) is 9.97 Å². The highest BCUT2D eigenvalue weighted by Gasteiger charge is 2.17. The number of nitrogens with one attached hydrogen (secondary N) is 1. The normalized spacial score (nSPS) is 11.5. The van der Waals surface area contributed by atoms with Gasteiger partial charge in [0.25, 0.3) is 0 Å². The molecule has 3 aromatic heterocycles. The van der Waals surface area contributed by atoms with Crippen molar-refractivity contribution in [1.82, 2.24) is 14.7 Å². The third-order valence-electron chi connectivity index (χ3n) is 3.09. The fraction of sp³-hybridized carbons (Fsp3) is 0.0667. The lowest BCUT2D eigenvalue weighted by Crippen LogP contribution is -2.22. The summed E-state index contributed by atoms with van der Waals surface area (Å²) in [4.78, 5) is 8.40. The van der Waals surface area contributed by atoms with Crippen LogP contribution in [0.1, 0.15) is 5.56 Å². The zero-order chi connectivity index (χ0) is 16.3. The largest absolute Gasteiger partial charge is 0.264 e. The summed E-state index contributed by atoms with van der Waals surface area (Å²) in [5.41, 5.74) is 2.31. The number of hydrogen-bond donors (Lipinski definition) is 1. The summed E-state index contributed by atoms with van der Waals surface area (Å²) in [6, 6.07) is 10.3. The van der Waals surface area contributed by atoms with Crippen molar-refractivity contribution in [1.29, 1.82) is 0 Å². The number of nitrogens with zero attached hydrogens (tertiary/aromatic N) is 2. The third-order valence-corrected chi connectivity index (χ3v) is 6.22. The standard InChI is InChI=1S/C15H12ClN3O2S2/c16-13-5-6-14(22-13)23(20,21)19-10-12-4-2-8-18-15(12)11-3-1-7-17-9-11/h1-9,19H,10H2. The number of thiophene rings is 1. The summed E-state index contributed by atoms with van der Waals surface area (Å²) in [5, 5.41) is 0. The van der Waals surface area contributed by atoms with Crippen LogP contribution >= 0.6 is 22.9 Å². The second-order valence-corrected chi connectivity index (χ2v) is 8.34. The van der Waals surface area contributed by atoms with E-state index in [1.165, 1.54) is 6.07 Å². The monoisotopic (exact) mass is 365 g/mol. The van der Waals surface area contributed by atoms with Gasteiger partial charge >= 0.3 is 0 Å². The van der Waals surface area contributed by atoms with Gasteiger partial charge in [-0.25, -0.2) is 13.1 Å². The molecule has 0 aliphatic rings. The lowest BCUT2D eigenvalue weighted by molar-refractivity contribution is 0.583. The molecule has 0 aliphatic heterocycles. The fourth-order valence-corrected chi connectivity index (χ4v) is 4.56. The van der Waals surface area contributed by atoms with Crippen molar-refractivity contribution in [2.75, 3.05) is 0 Å². The Morgan fingerprint density at radius 1 is 1.13 bits per heavy atom. The molecule has 0 saturated heterocycles. The van der Waals surface area contributed by atoms with Crippen LogP contribution in [0, 0.1) is 0 Å². The first-order valence-corrected chi connectivity index (χ1v) is 9.33. The Morgan fingerprint density at radius 2 is 1.96 bits per heavy atom. The molecule has 0 unspecified atom stereocenters. The summed E-state index contributed by atoms with van der Waals surface area (Å²) < 4.78 is 27.8. The highest BCUT2D eigenvalue weighted by Crippen LogP contribution is 2.26. The van der Waals surface area contributed by atoms with Crippen molar-refractivity contribution in [3.05, 3.63) is 64.9 Å². The van der Waals surface area contributed by atoms with Gasteiger partial charge in [0.05, 0.1) is 10.0 Å². The topological polar surface area (TPSA) is 72.0 Å². The minimum absolute atomic E-state index is 0.135. The predicted molar refractivity (Wildman–Crippen MR) is 90.8 cm³/mol. The molecular weight excluding hydrogens is 354 g/mol. The van der Waals surface area contributed by atoms with E-state index in [0.29, 0.717) is 10.0 Å². The zero-order valence-electron chi connectivity index (χ0n) is 11.8. The van der Waals surface area contributed by atoms with Crippen LogP contribution in [-0.4, -0.2) is 18.4 Å². The maximum atomic E-state index is 12.3. The summed E-state index contributed by atoms with van der Waals surface area (Å²) in [7, 11) is -3.60. The molecule has 8 heteroatoms. The molecule has 0 bridgehead atoms. The average molecular weight is 366 g/mol. The van der Waals surface area contributed by atoms with Crippen molar-refractivity contribution in [2.24, 2.45) is 0 Å². The van der Waals surface area contributed by atoms with E-state index in [2.05, 4.69) is 14.7 Å². The van der Waals surface area contributed by atoms with Crippen LogP contribution < -0.4 is 4.72 Å². The highest BCUT2D eigenvalue weighted by atomic mass is 35.5. The Bertz CT molecular complexity index is 911. The Kier molecular flexibility index (Phi) is 4.72. The lowest BCUT2D eigenvalue weighted by atomic mass is 10.1. The molecule has 0 spiro atoms. The first-order valence-electron chi connectivity index (χ1n) is 6.65. The summed E-state index contributed by atoms with van der Waals surface area (Å²) >= 11 is 6.82. The van der Waals surface area contributed by atoms with Crippen molar-refractivity contribution in [3.63, 3.8) is 0 Å². The first-order chi connectivity index (χ1) is 11.1. The van der Waals surface area contributed by atoms with E-state index in [9.17, 15) is 8.42 Å².